The Kier molecular flexibility index (Phi) is 5.77. The highest BCUT2D eigenvalue weighted by atomic mass is 32.1. The Bertz CT molecular complexity index is 788. The largest absolute Gasteiger partial charge is 0.396 e. The van der Waals surface area contributed by atoms with Crippen LogP contribution in [-0.4, -0.2) is 59.4 Å². The number of nitrogens with zero attached hydrogens (tertiary/aromatic N) is 2. The summed E-state index contributed by atoms with van der Waals surface area (Å²) in [7, 11) is 3.58. The molecule has 0 saturated heterocycles. The van der Waals surface area contributed by atoms with Gasteiger partial charge >= 0.3 is 0 Å². The average molecular weight is 406 g/mol. The number of aliphatic hydroxyl groups excluding tert-OH is 2. The summed E-state index contributed by atoms with van der Waals surface area (Å²) in [6.45, 7) is 4.40. The van der Waals surface area contributed by atoms with Gasteiger partial charge < -0.3 is 20.4 Å². The molecule has 2 aliphatic carbocycles. The summed E-state index contributed by atoms with van der Waals surface area (Å²) in [5.74, 6) is 2.54. The first kappa shape index (κ1) is 21.1. The van der Waals surface area contributed by atoms with Crippen molar-refractivity contribution in [2.45, 2.75) is 51.6 Å². The van der Waals surface area contributed by atoms with Crippen LogP contribution >= 0.6 is 11.3 Å². The number of aromatic nitrogens is 1. The van der Waals surface area contributed by atoms with E-state index in [1.165, 1.54) is 0 Å². The lowest BCUT2D eigenvalue weighted by Crippen LogP contribution is -2.57. The lowest BCUT2D eigenvalue weighted by molar-refractivity contribution is -0.146. The highest BCUT2D eigenvalue weighted by molar-refractivity contribution is 7.15. The van der Waals surface area contributed by atoms with Gasteiger partial charge in [-0.1, -0.05) is 19.8 Å². The van der Waals surface area contributed by atoms with Crippen molar-refractivity contribution in [2.24, 2.45) is 16.7 Å². The standard InChI is InChI=1S/C21H31N3O3S/c1-6-9-24(5)17(27)10-13-18-14(28-19(22-4)23-18)11-15-20(13,2)8-7-16(26)21(15,3)12-25/h1,13,15-16,25-26H,7-12H2,2-5H3,(H,22,23). The maximum absolute atomic E-state index is 12.9. The van der Waals surface area contributed by atoms with Crippen molar-refractivity contribution in [1.29, 1.82) is 0 Å². The predicted octanol–water partition coefficient (Wildman–Crippen LogP) is 2.08. The Morgan fingerprint density at radius 2 is 2.21 bits per heavy atom. The SMILES string of the molecule is C#CCN(C)C(=O)CC1c2nc(NC)sc2CC2C(C)(CO)C(O)CCC12C. The molecule has 28 heavy (non-hydrogen) atoms. The molecule has 1 saturated carbocycles. The Hall–Kier alpha value is -1.62. The molecular formula is C21H31N3O3S. The molecule has 154 valence electrons. The number of hydrogen-bond acceptors (Lipinski definition) is 6. The number of thiazole rings is 1. The summed E-state index contributed by atoms with van der Waals surface area (Å²) in [5, 5.41) is 24.9. The smallest absolute Gasteiger partial charge is 0.223 e. The number of terminal acetylenes is 1. The van der Waals surface area contributed by atoms with E-state index in [0.717, 1.165) is 28.5 Å². The summed E-state index contributed by atoms with van der Waals surface area (Å²) in [5.41, 5.74) is 0.169. The van der Waals surface area contributed by atoms with Crippen LogP contribution in [0, 0.1) is 29.1 Å². The third kappa shape index (κ3) is 3.22. The first-order valence-electron chi connectivity index (χ1n) is 9.85. The average Bonchev–Trinajstić information content (AvgIpc) is 3.09. The summed E-state index contributed by atoms with van der Waals surface area (Å²) in [6, 6.07) is 0. The van der Waals surface area contributed by atoms with Crippen molar-refractivity contribution >= 4 is 22.4 Å². The fraction of sp³-hybridized carbons (Fsp3) is 0.714. The molecule has 6 nitrogen and oxygen atoms in total. The van der Waals surface area contributed by atoms with Gasteiger partial charge in [0.15, 0.2) is 5.13 Å². The van der Waals surface area contributed by atoms with E-state index in [0.29, 0.717) is 12.8 Å². The van der Waals surface area contributed by atoms with Crippen LogP contribution in [0.2, 0.25) is 0 Å². The van der Waals surface area contributed by atoms with E-state index in [9.17, 15) is 15.0 Å². The van der Waals surface area contributed by atoms with Crippen LogP contribution in [0.25, 0.3) is 0 Å². The molecule has 1 aromatic heterocycles. The van der Waals surface area contributed by atoms with Crippen molar-refractivity contribution in [2.75, 3.05) is 32.6 Å². The third-order valence-electron chi connectivity index (χ3n) is 7.24. The van der Waals surface area contributed by atoms with Gasteiger partial charge in [-0.25, -0.2) is 4.98 Å². The number of hydrogen-bond donors (Lipinski definition) is 3. The van der Waals surface area contributed by atoms with Gasteiger partial charge in [0.2, 0.25) is 5.91 Å². The van der Waals surface area contributed by atoms with Crippen molar-refractivity contribution in [1.82, 2.24) is 9.88 Å². The number of aliphatic hydroxyl groups is 2. The minimum Gasteiger partial charge on any atom is -0.396 e. The Balaban J connectivity index is 2.06. The topological polar surface area (TPSA) is 85.7 Å². The van der Waals surface area contributed by atoms with E-state index < -0.39 is 11.5 Å². The van der Waals surface area contributed by atoms with Gasteiger partial charge in [-0.05, 0) is 30.6 Å². The lowest BCUT2D eigenvalue weighted by Gasteiger charge is -2.58. The zero-order chi connectivity index (χ0) is 20.7. The fourth-order valence-electron chi connectivity index (χ4n) is 5.31. The van der Waals surface area contributed by atoms with Crippen molar-refractivity contribution in [3.05, 3.63) is 10.6 Å². The minimum absolute atomic E-state index is 0.00612. The Morgan fingerprint density at radius 3 is 2.82 bits per heavy atom. The molecule has 2 aliphatic rings. The number of carbonyl (C=O) groups excluding carboxylic acids is 1. The zero-order valence-electron chi connectivity index (χ0n) is 17.2. The second kappa shape index (κ2) is 7.66. The zero-order valence-corrected chi connectivity index (χ0v) is 18.0. The van der Waals surface area contributed by atoms with Crippen LogP contribution in [-0.2, 0) is 11.2 Å². The van der Waals surface area contributed by atoms with Gasteiger partial charge in [-0.3, -0.25) is 4.79 Å². The van der Waals surface area contributed by atoms with Crippen molar-refractivity contribution < 1.29 is 15.0 Å². The van der Waals surface area contributed by atoms with Gasteiger partial charge in [0.1, 0.15) is 0 Å². The summed E-state index contributed by atoms with van der Waals surface area (Å²) < 4.78 is 0. The second-order valence-electron chi connectivity index (χ2n) is 8.77. The monoisotopic (exact) mass is 405 g/mol. The van der Waals surface area contributed by atoms with E-state index in [-0.39, 0.29) is 36.3 Å². The quantitative estimate of drug-likeness (QED) is 0.653. The molecule has 3 N–H and O–H groups in total. The lowest BCUT2D eigenvalue weighted by atomic mass is 9.47. The van der Waals surface area contributed by atoms with Crippen molar-refractivity contribution in [3.8, 4) is 12.3 Å². The predicted molar refractivity (Wildman–Crippen MR) is 111 cm³/mol. The summed E-state index contributed by atoms with van der Waals surface area (Å²) in [4.78, 5) is 20.4. The maximum Gasteiger partial charge on any atom is 0.223 e. The molecule has 1 heterocycles. The normalized spacial score (nSPS) is 34.1. The van der Waals surface area contributed by atoms with Crippen molar-refractivity contribution in [3.63, 3.8) is 0 Å². The van der Waals surface area contributed by atoms with E-state index in [4.69, 9.17) is 11.4 Å². The molecule has 1 aromatic rings. The molecule has 1 fully saturated rings. The third-order valence-corrected chi connectivity index (χ3v) is 8.35. The molecule has 0 radical (unpaired) electrons. The molecule has 0 aromatic carbocycles. The first-order chi connectivity index (χ1) is 13.2. The van der Waals surface area contributed by atoms with Gasteiger partial charge in [0, 0.05) is 36.7 Å². The summed E-state index contributed by atoms with van der Waals surface area (Å²) in [6.07, 6.45) is 7.36. The number of carbonyl (C=O) groups is 1. The van der Waals surface area contributed by atoms with Crippen LogP contribution in [0.3, 0.4) is 0 Å². The first-order valence-corrected chi connectivity index (χ1v) is 10.7. The Labute approximate surface area is 171 Å². The van der Waals surface area contributed by atoms with E-state index in [1.54, 1.807) is 23.3 Å². The van der Waals surface area contributed by atoms with Crippen LogP contribution < -0.4 is 5.32 Å². The highest BCUT2D eigenvalue weighted by Crippen LogP contribution is 2.62. The van der Waals surface area contributed by atoms with Crippen LogP contribution in [0.5, 0.6) is 0 Å². The number of anilines is 1. The van der Waals surface area contributed by atoms with Gasteiger partial charge in [0.05, 0.1) is 24.9 Å². The van der Waals surface area contributed by atoms with Crippen LogP contribution in [0.1, 0.15) is 49.6 Å². The number of amides is 1. The molecule has 7 heteroatoms. The van der Waals surface area contributed by atoms with Crippen LogP contribution in [0.15, 0.2) is 0 Å². The van der Waals surface area contributed by atoms with Gasteiger partial charge in [0.25, 0.3) is 0 Å². The van der Waals surface area contributed by atoms with E-state index in [1.807, 2.05) is 14.0 Å². The molecule has 0 aliphatic heterocycles. The van der Waals surface area contributed by atoms with E-state index >= 15 is 0 Å². The molecule has 3 rings (SSSR count). The molecule has 0 spiro atoms. The number of fused-ring (bicyclic) bond motifs is 2. The molecule has 5 atom stereocenters. The fourth-order valence-corrected chi connectivity index (χ4v) is 6.33. The second-order valence-corrected chi connectivity index (χ2v) is 9.85. The number of nitrogens with one attached hydrogen (secondary N) is 1. The molecule has 5 unspecified atom stereocenters. The van der Waals surface area contributed by atoms with Gasteiger partial charge in [-0.2, -0.15) is 0 Å². The Morgan fingerprint density at radius 1 is 1.50 bits per heavy atom. The van der Waals surface area contributed by atoms with Crippen LogP contribution in [0.4, 0.5) is 5.13 Å². The summed E-state index contributed by atoms with van der Waals surface area (Å²) >= 11 is 1.61. The molecule has 1 amide bonds. The van der Waals surface area contributed by atoms with Gasteiger partial charge in [-0.15, -0.1) is 17.8 Å². The number of rotatable bonds is 5. The molecule has 0 bridgehead atoms. The minimum atomic E-state index is -0.597. The molecular weight excluding hydrogens is 374 g/mol. The van der Waals surface area contributed by atoms with E-state index in [2.05, 4.69) is 18.2 Å². The highest BCUT2D eigenvalue weighted by Gasteiger charge is 2.59. The maximum atomic E-state index is 12.9.